The number of rotatable bonds is 3. The standard InChI is InChI=1S/C15H23NO/c1-2-17-13-10-8-12(9-11-13)14-6-4-3-5-7-15(14)16/h8-11,14-15H,2-7,16H2,1H3. The fourth-order valence-electron chi connectivity index (χ4n) is 2.73. The second-order valence-electron chi connectivity index (χ2n) is 4.91. The Balaban J connectivity index is 2.09. The second kappa shape index (κ2) is 6.06. The van der Waals surface area contributed by atoms with Gasteiger partial charge in [-0.2, -0.15) is 0 Å². The van der Waals surface area contributed by atoms with Crippen LogP contribution in [0, 0.1) is 0 Å². The van der Waals surface area contributed by atoms with Gasteiger partial charge in [-0.3, -0.25) is 0 Å². The molecule has 0 aromatic heterocycles. The Bertz CT molecular complexity index is 333. The van der Waals surface area contributed by atoms with E-state index >= 15 is 0 Å². The molecule has 0 spiro atoms. The Morgan fingerprint density at radius 3 is 2.53 bits per heavy atom. The van der Waals surface area contributed by atoms with Crippen molar-refractivity contribution in [2.45, 2.75) is 51.0 Å². The molecule has 0 saturated heterocycles. The summed E-state index contributed by atoms with van der Waals surface area (Å²) in [5.41, 5.74) is 7.65. The van der Waals surface area contributed by atoms with E-state index in [4.69, 9.17) is 10.5 Å². The summed E-state index contributed by atoms with van der Waals surface area (Å²) in [5, 5.41) is 0. The predicted octanol–water partition coefficient (Wildman–Crippen LogP) is 3.46. The summed E-state index contributed by atoms with van der Waals surface area (Å²) in [5.74, 6) is 1.49. The van der Waals surface area contributed by atoms with Gasteiger partial charge in [0, 0.05) is 6.04 Å². The molecule has 0 radical (unpaired) electrons. The van der Waals surface area contributed by atoms with Gasteiger partial charge in [-0.1, -0.05) is 31.4 Å². The molecule has 1 aliphatic carbocycles. The molecular formula is C15H23NO. The van der Waals surface area contributed by atoms with E-state index in [1.54, 1.807) is 0 Å². The molecule has 1 fully saturated rings. The van der Waals surface area contributed by atoms with Gasteiger partial charge < -0.3 is 10.5 Å². The molecule has 0 aliphatic heterocycles. The molecule has 1 saturated carbocycles. The van der Waals surface area contributed by atoms with Crippen LogP contribution in [-0.4, -0.2) is 12.6 Å². The van der Waals surface area contributed by atoms with Crippen molar-refractivity contribution in [3.8, 4) is 5.75 Å². The summed E-state index contributed by atoms with van der Waals surface area (Å²) in [6, 6.07) is 8.82. The molecule has 1 aliphatic rings. The van der Waals surface area contributed by atoms with Crippen molar-refractivity contribution in [3.05, 3.63) is 29.8 Å². The van der Waals surface area contributed by atoms with Crippen molar-refractivity contribution in [1.29, 1.82) is 0 Å². The zero-order chi connectivity index (χ0) is 12.1. The van der Waals surface area contributed by atoms with Crippen LogP contribution < -0.4 is 10.5 Å². The Morgan fingerprint density at radius 2 is 1.82 bits per heavy atom. The quantitative estimate of drug-likeness (QED) is 0.811. The molecule has 0 heterocycles. The normalized spacial score (nSPS) is 25.3. The van der Waals surface area contributed by atoms with Crippen molar-refractivity contribution < 1.29 is 4.74 Å². The summed E-state index contributed by atoms with van der Waals surface area (Å²) in [7, 11) is 0. The molecule has 0 bridgehead atoms. The third kappa shape index (κ3) is 3.22. The van der Waals surface area contributed by atoms with E-state index < -0.39 is 0 Å². The fourth-order valence-corrected chi connectivity index (χ4v) is 2.73. The van der Waals surface area contributed by atoms with Crippen molar-refractivity contribution >= 4 is 0 Å². The maximum Gasteiger partial charge on any atom is 0.119 e. The first kappa shape index (κ1) is 12.4. The average molecular weight is 233 g/mol. The van der Waals surface area contributed by atoms with E-state index in [1.165, 1.54) is 31.2 Å². The van der Waals surface area contributed by atoms with Gasteiger partial charge in [0.2, 0.25) is 0 Å². The van der Waals surface area contributed by atoms with E-state index in [0.717, 1.165) is 18.8 Å². The number of hydrogen-bond donors (Lipinski definition) is 1. The largest absolute Gasteiger partial charge is 0.494 e. The molecule has 2 N–H and O–H groups in total. The van der Waals surface area contributed by atoms with Crippen molar-refractivity contribution in [3.63, 3.8) is 0 Å². The Hall–Kier alpha value is -1.02. The van der Waals surface area contributed by atoms with Gasteiger partial charge >= 0.3 is 0 Å². The SMILES string of the molecule is CCOc1ccc(C2CCCCCC2N)cc1. The van der Waals surface area contributed by atoms with Gasteiger partial charge in [0.1, 0.15) is 5.75 Å². The lowest BCUT2D eigenvalue weighted by molar-refractivity contribution is 0.340. The lowest BCUT2D eigenvalue weighted by atomic mass is 9.88. The summed E-state index contributed by atoms with van der Waals surface area (Å²) in [6.07, 6.45) is 6.33. The number of hydrogen-bond acceptors (Lipinski definition) is 2. The first-order valence-electron chi connectivity index (χ1n) is 6.79. The van der Waals surface area contributed by atoms with Crippen LogP contribution in [0.1, 0.15) is 50.5 Å². The average Bonchev–Trinajstić information content (AvgIpc) is 2.56. The number of nitrogens with two attached hydrogens (primary N) is 1. The van der Waals surface area contributed by atoms with E-state index in [-0.39, 0.29) is 0 Å². The van der Waals surface area contributed by atoms with Gasteiger partial charge in [-0.15, -0.1) is 0 Å². The highest BCUT2D eigenvalue weighted by Crippen LogP contribution is 2.31. The third-order valence-electron chi connectivity index (χ3n) is 3.69. The van der Waals surface area contributed by atoms with E-state index in [9.17, 15) is 0 Å². The van der Waals surface area contributed by atoms with Gasteiger partial charge in [-0.25, -0.2) is 0 Å². The van der Waals surface area contributed by atoms with Crippen molar-refractivity contribution in [2.24, 2.45) is 5.73 Å². The molecule has 2 unspecified atom stereocenters. The van der Waals surface area contributed by atoms with Crippen LogP contribution >= 0.6 is 0 Å². The van der Waals surface area contributed by atoms with E-state index in [1.807, 2.05) is 6.92 Å². The van der Waals surface area contributed by atoms with Crippen molar-refractivity contribution in [1.82, 2.24) is 0 Å². The molecule has 94 valence electrons. The van der Waals surface area contributed by atoms with Gasteiger partial charge in [0.05, 0.1) is 6.61 Å². The highest BCUT2D eigenvalue weighted by Gasteiger charge is 2.21. The molecular weight excluding hydrogens is 210 g/mol. The van der Waals surface area contributed by atoms with Crippen LogP contribution in [0.3, 0.4) is 0 Å². The van der Waals surface area contributed by atoms with Crippen molar-refractivity contribution in [2.75, 3.05) is 6.61 Å². The predicted molar refractivity (Wildman–Crippen MR) is 71.4 cm³/mol. The zero-order valence-electron chi connectivity index (χ0n) is 10.7. The molecule has 2 heteroatoms. The Labute approximate surface area is 104 Å². The van der Waals surface area contributed by atoms with Crippen LogP contribution in [0.4, 0.5) is 0 Å². The minimum atomic E-state index is 0.329. The molecule has 2 atom stereocenters. The second-order valence-corrected chi connectivity index (χ2v) is 4.91. The van der Waals surface area contributed by atoms with Crippen LogP contribution in [-0.2, 0) is 0 Å². The molecule has 1 aromatic rings. The fraction of sp³-hybridized carbons (Fsp3) is 0.600. The molecule has 0 amide bonds. The first-order chi connectivity index (χ1) is 8.31. The molecule has 2 nitrogen and oxygen atoms in total. The van der Waals surface area contributed by atoms with E-state index in [2.05, 4.69) is 24.3 Å². The first-order valence-corrected chi connectivity index (χ1v) is 6.79. The summed E-state index contributed by atoms with van der Waals surface area (Å²) in [6.45, 7) is 2.73. The van der Waals surface area contributed by atoms with Gasteiger partial charge in [0.15, 0.2) is 0 Å². The van der Waals surface area contributed by atoms with Crippen LogP contribution in [0.15, 0.2) is 24.3 Å². The lowest BCUT2D eigenvalue weighted by Gasteiger charge is -2.22. The topological polar surface area (TPSA) is 35.2 Å². The Morgan fingerprint density at radius 1 is 1.12 bits per heavy atom. The van der Waals surface area contributed by atoms with E-state index in [0.29, 0.717) is 12.0 Å². The maximum atomic E-state index is 6.28. The van der Waals surface area contributed by atoms with Gasteiger partial charge in [0.25, 0.3) is 0 Å². The summed E-state index contributed by atoms with van der Waals surface area (Å²) in [4.78, 5) is 0. The summed E-state index contributed by atoms with van der Waals surface area (Å²) >= 11 is 0. The maximum absolute atomic E-state index is 6.28. The Kier molecular flexibility index (Phi) is 4.43. The van der Waals surface area contributed by atoms with Gasteiger partial charge in [-0.05, 0) is 43.4 Å². The number of ether oxygens (including phenoxy) is 1. The zero-order valence-corrected chi connectivity index (χ0v) is 10.7. The number of benzene rings is 1. The van der Waals surface area contributed by atoms with Crippen LogP contribution in [0.5, 0.6) is 5.75 Å². The minimum Gasteiger partial charge on any atom is -0.494 e. The highest BCUT2D eigenvalue weighted by molar-refractivity contribution is 5.30. The minimum absolute atomic E-state index is 0.329. The molecule has 1 aromatic carbocycles. The smallest absolute Gasteiger partial charge is 0.119 e. The molecule has 17 heavy (non-hydrogen) atoms. The summed E-state index contributed by atoms with van der Waals surface area (Å²) < 4.78 is 5.47. The highest BCUT2D eigenvalue weighted by atomic mass is 16.5. The lowest BCUT2D eigenvalue weighted by Crippen LogP contribution is -2.27. The third-order valence-corrected chi connectivity index (χ3v) is 3.69. The van der Waals surface area contributed by atoms with Crippen LogP contribution in [0.25, 0.3) is 0 Å². The monoisotopic (exact) mass is 233 g/mol. The van der Waals surface area contributed by atoms with Crippen LogP contribution in [0.2, 0.25) is 0 Å². The molecule has 2 rings (SSSR count).